The summed E-state index contributed by atoms with van der Waals surface area (Å²) in [4.78, 5) is 39.0. The number of nitrogens with one attached hydrogen (secondary N) is 1. The summed E-state index contributed by atoms with van der Waals surface area (Å²) in [6.45, 7) is 5.31. The molecule has 8 heteroatoms. The Labute approximate surface area is 214 Å². The van der Waals surface area contributed by atoms with Gasteiger partial charge in [0, 0.05) is 29.2 Å². The van der Waals surface area contributed by atoms with Crippen LogP contribution in [0.4, 0.5) is 4.79 Å². The lowest BCUT2D eigenvalue weighted by Gasteiger charge is -2.25. The Balaban J connectivity index is 1.35. The highest BCUT2D eigenvalue weighted by Crippen LogP contribution is 2.26. The van der Waals surface area contributed by atoms with Crippen LogP contribution in [0.2, 0.25) is 0 Å². The van der Waals surface area contributed by atoms with Crippen LogP contribution in [0.1, 0.15) is 28.9 Å². The topological polar surface area (TPSA) is 93.8 Å². The molecule has 1 N–H and O–H groups in total. The van der Waals surface area contributed by atoms with Crippen LogP contribution in [0.25, 0.3) is 17.0 Å². The van der Waals surface area contributed by atoms with E-state index in [1.807, 2.05) is 42.6 Å². The molecule has 1 saturated heterocycles. The van der Waals surface area contributed by atoms with Crippen LogP contribution >= 0.6 is 0 Å². The first-order valence-corrected chi connectivity index (χ1v) is 12.1. The maximum atomic E-state index is 13.1. The number of hydrogen-bond donors (Lipinski definition) is 1. The molecule has 4 amide bonds. The predicted molar refractivity (Wildman–Crippen MR) is 139 cm³/mol. The summed E-state index contributed by atoms with van der Waals surface area (Å²) in [6.07, 6.45) is 5.70. The van der Waals surface area contributed by atoms with Crippen LogP contribution in [0.5, 0.6) is 5.75 Å². The summed E-state index contributed by atoms with van der Waals surface area (Å²) in [5.41, 5.74) is 4.01. The normalized spacial score (nSPS) is 15.0. The molecular weight excluding hydrogens is 470 g/mol. The summed E-state index contributed by atoms with van der Waals surface area (Å²) >= 11 is 0. The number of urea groups is 1. The first kappa shape index (κ1) is 24.1. The molecule has 0 atom stereocenters. The van der Waals surface area contributed by atoms with Gasteiger partial charge >= 0.3 is 6.03 Å². The highest BCUT2D eigenvalue weighted by Gasteiger charge is 2.36. The Hall–Kier alpha value is -4.59. The number of aryl methyl sites for hydroxylation is 3. The molecule has 0 saturated carbocycles. The number of carbonyl (C=O) groups is 3. The second-order valence-electron chi connectivity index (χ2n) is 9.03. The number of benzene rings is 2. The van der Waals surface area contributed by atoms with E-state index in [0.717, 1.165) is 33.5 Å². The largest absolute Gasteiger partial charge is 0.494 e. The molecule has 188 valence electrons. The molecule has 0 unspecified atom stereocenters. The molecule has 3 heterocycles. The molecule has 0 radical (unpaired) electrons. The number of hydrogen-bond acceptors (Lipinski definition) is 5. The zero-order chi connectivity index (χ0) is 25.9. The number of nitrogens with zero attached hydrogens (tertiary/aromatic N) is 2. The molecule has 0 spiro atoms. The van der Waals surface area contributed by atoms with Crippen LogP contribution in [0.15, 0.2) is 77.0 Å². The summed E-state index contributed by atoms with van der Waals surface area (Å²) < 4.78 is 13.3. The molecular formula is C29H27N3O5. The van der Waals surface area contributed by atoms with E-state index in [0.29, 0.717) is 18.9 Å². The van der Waals surface area contributed by atoms with E-state index in [9.17, 15) is 14.4 Å². The molecule has 1 aliphatic heterocycles. The Kier molecular flexibility index (Phi) is 6.64. The fourth-order valence-corrected chi connectivity index (χ4v) is 4.36. The van der Waals surface area contributed by atoms with Gasteiger partial charge in [0.2, 0.25) is 0 Å². The first-order chi connectivity index (χ1) is 17.9. The average molecular weight is 498 g/mol. The van der Waals surface area contributed by atoms with Crippen molar-refractivity contribution in [2.24, 2.45) is 0 Å². The molecule has 2 aromatic carbocycles. The Morgan fingerprint density at radius 1 is 1.00 bits per heavy atom. The fourth-order valence-electron chi connectivity index (χ4n) is 4.36. The number of rotatable bonds is 8. The first-order valence-electron chi connectivity index (χ1n) is 12.1. The van der Waals surface area contributed by atoms with Crippen LogP contribution in [-0.4, -0.2) is 33.9 Å². The predicted octanol–water partition coefficient (Wildman–Crippen LogP) is 4.98. The summed E-state index contributed by atoms with van der Waals surface area (Å²) in [5, 5.41) is 3.16. The lowest BCUT2D eigenvalue weighted by molar-refractivity contribution is -0.130. The van der Waals surface area contributed by atoms with E-state index in [4.69, 9.17) is 9.15 Å². The minimum Gasteiger partial charge on any atom is -0.494 e. The van der Waals surface area contributed by atoms with Gasteiger partial charge in [0.15, 0.2) is 0 Å². The maximum Gasteiger partial charge on any atom is 0.331 e. The van der Waals surface area contributed by atoms with E-state index in [1.165, 1.54) is 17.4 Å². The Morgan fingerprint density at radius 2 is 1.84 bits per heavy atom. The minimum atomic E-state index is -0.769. The summed E-state index contributed by atoms with van der Waals surface area (Å²) in [7, 11) is 0. The second kappa shape index (κ2) is 10.2. The molecule has 2 aromatic heterocycles. The molecule has 0 aliphatic carbocycles. The van der Waals surface area contributed by atoms with Crippen molar-refractivity contribution in [1.82, 2.24) is 14.8 Å². The number of ether oxygens (including phenoxy) is 1. The third-order valence-electron chi connectivity index (χ3n) is 6.49. The summed E-state index contributed by atoms with van der Waals surface area (Å²) in [5.74, 6) is -0.0914. The number of fused-ring (bicyclic) bond motifs is 1. The van der Waals surface area contributed by atoms with Gasteiger partial charge in [0.25, 0.3) is 11.8 Å². The monoisotopic (exact) mass is 497 g/mol. The highest BCUT2D eigenvalue weighted by molar-refractivity contribution is 6.31. The molecule has 1 fully saturated rings. The van der Waals surface area contributed by atoms with E-state index >= 15 is 0 Å². The van der Waals surface area contributed by atoms with Gasteiger partial charge in [0.05, 0.1) is 19.4 Å². The Bertz CT molecular complexity index is 1510. The number of barbiturate groups is 1. The van der Waals surface area contributed by atoms with Crippen molar-refractivity contribution >= 4 is 34.8 Å². The van der Waals surface area contributed by atoms with E-state index in [-0.39, 0.29) is 12.1 Å². The molecule has 1 aliphatic rings. The average Bonchev–Trinajstić information content (AvgIpc) is 3.52. The van der Waals surface area contributed by atoms with E-state index in [1.54, 1.807) is 18.2 Å². The molecule has 5 rings (SSSR count). The molecule has 37 heavy (non-hydrogen) atoms. The fraction of sp³-hybridized carbons (Fsp3) is 0.207. The zero-order valence-electron chi connectivity index (χ0n) is 20.7. The molecule has 8 nitrogen and oxygen atoms in total. The van der Waals surface area contributed by atoms with E-state index < -0.39 is 17.8 Å². The summed E-state index contributed by atoms with van der Waals surface area (Å²) in [6, 6.07) is 16.4. The van der Waals surface area contributed by atoms with Gasteiger partial charge in [-0.25, -0.2) is 4.79 Å². The number of para-hydroxylation sites is 1. The number of furan rings is 1. The number of imide groups is 2. The van der Waals surface area contributed by atoms with Gasteiger partial charge in [0.1, 0.15) is 17.1 Å². The van der Waals surface area contributed by atoms with Gasteiger partial charge in [-0.15, -0.1) is 0 Å². The van der Waals surface area contributed by atoms with Gasteiger partial charge in [-0.1, -0.05) is 24.3 Å². The second-order valence-corrected chi connectivity index (χ2v) is 9.03. The van der Waals surface area contributed by atoms with Crippen molar-refractivity contribution in [2.75, 3.05) is 6.61 Å². The standard InChI is InChI=1S/C29H27N3O5/c1-19-10-11-22(15-20(19)2)36-14-6-12-31-17-21(24-8-3-4-9-26(24)31)16-25-27(33)30-29(35)32(28(25)34)18-23-7-5-13-37-23/h3-5,7-11,13,15-17H,6,12,14,18H2,1-2H3,(H,30,33,35)/b25-16-. The van der Waals surface area contributed by atoms with E-state index in [2.05, 4.69) is 29.8 Å². The van der Waals surface area contributed by atoms with Gasteiger partial charge in [-0.2, -0.15) is 0 Å². The minimum absolute atomic E-state index is 0.0649. The quantitative estimate of drug-likeness (QED) is 0.210. The SMILES string of the molecule is Cc1ccc(OCCCn2cc(/C=C3/C(=O)NC(=O)N(Cc4ccco4)C3=O)c3ccccc32)cc1C. The Morgan fingerprint density at radius 3 is 2.62 bits per heavy atom. The van der Waals surface area contributed by atoms with Crippen molar-refractivity contribution in [1.29, 1.82) is 0 Å². The smallest absolute Gasteiger partial charge is 0.331 e. The van der Waals surface area contributed by atoms with Crippen molar-refractivity contribution < 1.29 is 23.5 Å². The lowest BCUT2D eigenvalue weighted by Crippen LogP contribution is -2.53. The molecule has 4 aromatic rings. The highest BCUT2D eigenvalue weighted by atomic mass is 16.5. The van der Waals surface area contributed by atoms with Crippen LogP contribution < -0.4 is 10.1 Å². The zero-order valence-corrected chi connectivity index (χ0v) is 20.7. The third kappa shape index (κ3) is 5.04. The lowest BCUT2D eigenvalue weighted by atomic mass is 10.1. The number of carbonyl (C=O) groups excluding carboxylic acids is 3. The van der Waals surface area contributed by atoms with Gasteiger partial charge in [-0.05, 0) is 67.8 Å². The van der Waals surface area contributed by atoms with Crippen molar-refractivity contribution in [3.63, 3.8) is 0 Å². The van der Waals surface area contributed by atoms with Crippen molar-refractivity contribution in [3.05, 3.63) is 95.1 Å². The van der Waals surface area contributed by atoms with Gasteiger partial charge in [-0.3, -0.25) is 19.8 Å². The number of amides is 4. The molecule has 0 bridgehead atoms. The van der Waals surface area contributed by atoms with Crippen LogP contribution in [0.3, 0.4) is 0 Å². The van der Waals surface area contributed by atoms with Gasteiger partial charge < -0.3 is 13.7 Å². The van der Waals surface area contributed by atoms with Crippen LogP contribution in [-0.2, 0) is 22.7 Å². The third-order valence-corrected chi connectivity index (χ3v) is 6.49. The maximum absolute atomic E-state index is 13.1. The number of aromatic nitrogens is 1. The van der Waals surface area contributed by atoms with Crippen molar-refractivity contribution in [3.8, 4) is 5.75 Å². The van der Waals surface area contributed by atoms with Crippen molar-refractivity contribution in [2.45, 2.75) is 33.4 Å². The van der Waals surface area contributed by atoms with Crippen LogP contribution in [0, 0.1) is 13.8 Å².